The molecule has 0 atom stereocenters. The summed E-state index contributed by atoms with van der Waals surface area (Å²) in [7, 11) is 1.66. The Kier molecular flexibility index (Phi) is 5.43. The molecule has 3 heterocycles. The maximum atomic E-state index is 12.9. The standard InChI is InChI=1S/C22H21F3N4O2/c1-28-18-5-3-2-4-16(18)17(12-20(28)30)21(31)27-15-8-10-29(11-9-15)19-7-6-14(13-26-19)22(23,24)25/h2-7,12-13,15H,8-11H2,1H3,(H,27,31). The first-order valence-electron chi connectivity index (χ1n) is 9.92. The van der Waals surface area contributed by atoms with Gasteiger partial charge in [0.05, 0.1) is 16.6 Å². The van der Waals surface area contributed by atoms with Crippen molar-refractivity contribution < 1.29 is 18.0 Å². The average molecular weight is 430 g/mol. The summed E-state index contributed by atoms with van der Waals surface area (Å²) in [5.74, 6) is 0.176. The van der Waals surface area contributed by atoms with Crippen molar-refractivity contribution in [2.75, 3.05) is 18.0 Å². The van der Waals surface area contributed by atoms with Gasteiger partial charge >= 0.3 is 6.18 Å². The molecule has 0 bridgehead atoms. The van der Waals surface area contributed by atoms with E-state index in [-0.39, 0.29) is 17.5 Å². The van der Waals surface area contributed by atoms with E-state index in [0.29, 0.717) is 48.2 Å². The second-order valence-corrected chi connectivity index (χ2v) is 7.61. The Morgan fingerprint density at radius 1 is 1.13 bits per heavy atom. The van der Waals surface area contributed by atoms with Gasteiger partial charge in [0.15, 0.2) is 0 Å². The van der Waals surface area contributed by atoms with E-state index in [0.717, 1.165) is 12.3 Å². The number of amides is 1. The lowest BCUT2D eigenvalue weighted by molar-refractivity contribution is -0.137. The lowest BCUT2D eigenvalue weighted by atomic mass is 10.0. The van der Waals surface area contributed by atoms with E-state index in [1.165, 1.54) is 16.7 Å². The van der Waals surface area contributed by atoms with Crippen molar-refractivity contribution in [3.8, 4) is 0 Å². The van der Waals surface area contributed by atoms with Crippen molar-refractivity contribution in [1.82, 2.24) is 14.9 Å². The number of hydrogen-bond acceptors (Lipinski definition) is 4. The highest BCUT2D eigenvalue weighted by atomic mass is 19.4. The first kappa shape index (κ1) is 20.9. The number of halogens is 3. The maximum absolute atomic E-state index is 12.9. The Morgan fingerprint density at radius 3 is 2.48 bits per heavy atom. The fourth-order valence-corrected chi connectivity index (χ4v) is 3.86. The van der Waals surface area contributed by atoms with Crippen LogP contribution in [-0.4, -0.2) is 34.6 Å². The molecule has 1 fully saturated rings. The van der Waals surface area contributed by atoms with Crippen LogP contribution in [0.4, 0.5) is 19.0 Å². The monoisotopic (exact) mass is 430 g/mol. The summed E-state index contributed by atoms with van der Waals surface area (Å²) >= 11 is 0. The molecule has 31 heavy (non-hydrogen) atoms. The number of para-hydroxylation sites is 1. The number of benzene rings is 1. The third kappa shape index (κ3) is 4.26. The van der Waals surface area contributed by atoms with E-state index in [2.05, 4.69) is 10.3 Å². The predicted octanol–water partition coefficient (Wildman–Crippen LogP) is 3.35. The van der Waals surface area contributed by atoms with Crippen LogP contribution in [0.1, 0.15) is 28.8 Å². The van der Waals surface area contributed by atoms with Crippen molar-refractivity contribution in [2.45, 2.75) is 25.1 Å². The van der Waals surface area contributed by atoms with Gasteiger partial charge in [-0.1, -0.05) is 18.2 Å². The summed E-state index contributed by atoms with van der Waals surface area (Å²) in [5.41, 5.74) is -0.0134. The number of nitrogens with zero attached hydrogens (tertiary/aromatic N) is 3. The zero-order valence-corrected chi connectivity index (χ0v) is 16.8. The third-order valence-corrected chi connectivity index (χ3v) is 5.63. The smallest absolute Gasteiger partial charge is 0.356 e. The molecule has 1 aliphatic heterocycles. The van der Waals surface area contributed by atoms with E-state index >= 15 is 0 Å². The molecular formula is C22H21F3N4O2. The summed E-state index contributed by atoms with van der Waals surface area (Å²) in [6, 6.07) is 10.9. The quantitative estimate of drug-likeness (QED) is 0.692. The molecule has 6 nitrogen and oxygen atoms in total. The Morgan fingerprint density at radius 2 is 1.84 bits per heavy atom. The first-order valence-corrected chi connectivity index (χ1v) is 9.92. The second kappa shape index (κ2) is 8.05. The topological polar surface area (TPSA) is 67.2 Å². The number of aryl methyl sites for hydroxylation is 1. The first-order chi connectivity index (χ1) is 14.7. The second-order valence-electron chi connectivity index (χ2n) is 7.61. The van der Waals surface area contributed by atoms with Gasteiger partial charge in [0, 0.05) is 43.8 Å². The van der Waals surface area contributed by atoms with E-state index in [9.17, 15) is 22.8 Å². The van der Waals surface area contributed by atoms with Gasteiger partial charge in [0.25, 0.3) is 11.5 Å². The predicted molar refractivity (Wildman–Crippen MR) is 111 cm³/mol. The maximum Gasteiger partial charge on any atom is 0.417 e. The highest BCUT2D eigenvalue weighted by molar-refractivity contribution is 6.06. The van der Waals surface area contributed by atoms with Gasteiger partial charge < -0.3 is 14.8 Å². The van der Waals surface area contributed by atoms with E-state index in [1.807, 2.05) is 23.1 Å². The number of alkyl halides is 3. The van der Waals surface area contributed by atoms with Gasteiger partial charge in [0.2, 0.25) is 0 Å². The molecule has 1 saturated heterocycles. The van der Waals surface area contributed by atoms with Crippen LogP contribution in [0.5, 0.6) is 0 Å². The fourth-order valence-electron chi connectivity index (χ4n) is 3.86. The molecule has 0 radical (unpaired) electrons. The lowest BCUT2D eigenvalue weighted by Gasteiger charge is -2.33. The van der Waals surface area contributed by atoms with Gasteiger partial charge in [-0.2, -0.15) is 13.2 Å². The van der Waals surface area contributed by atoms with Crippen LogP contribution in [0.3, 0.4) is 0 Å². The highest BCUT2D eigenvalue weighted by Crippen LogP contribution is 2.30. The summed E-state index contributed by atoms with van der Waals surface area (Å²) in [5, 5.41) is 3.69. The number of carbonyl (C=O) groups is 1. The Labute approximate surface area is 176 Å². The summed E-state index contributed by atoms with van der Waals surface area (Å²) in [6.45, 7) is 1.11. The molecule has 0 spiro atoms. The Bertz CT molecular complexity index is 1160. The van der Waals surface area contributed by atoms with E-state index < -0.39 is 11.7 Å². The van der Waals surface area contributed by atoms with Crippen molar-refractivity contribution >= 4 is 22.6 Å². The Balaban J connectivity index is 1.43. The number of aromatic nitrogens is 2. The van der Waals surface area contributed by atoms with Gasteiger partial charge in [-0.25, -0.2) is 4.98 Å². The van der Waals surface area contributed by atoms with Gasteiger partial charge in [-0.15, -0.1) is 0 Å². The lowest BCUT2D eigenvalue weighted by Crippen LogP contribution is -2.45. The zero-order valence-electron chi connectivity index (χ0n) is 16.8. The highest BCUT2D eigenvalue weighted by Gasteiger charge is 2.31. The summed E-state index contributed by atoms with van der Waals surface area (Å²) in [6.07, 6.45) is -2.33. The van der Waals surface area contributed by atoms with Crippen LogP contribution in [0.2, 0.25) is 0 Å². The average Bonchev–Trinajstić information content (AvgIpc) is 2.76. The minimum atomic E-state index is -4.41. The normalized spacial score (nSPS) is 15.3. The Hall–Kier alpha value is -3.36. The number of anilines is 1. The molecule has 9 heteroatoms. The number of fused-ring (bicyclic) bond motifs is 1. The number of piperidine rings is 1. The largest absolute Gasteiger partial charge is 0.417 e. The molecule has 0 aliphatic carbocycles. The molecule has 1 amide bonds. The van der Waals surface area contributed by atoms with E-state index in [1.54, 1.807) is 13.1 Å². The van der Waals surface area contributed by atoms with Gasteiger partial charge in [0.1, 0.15) is 5.82 Å². The molecular weight excluding hydrogens is 409 g/mol. The van der Waals surface area contributed by atoms with Crippen LogP contribution >= 0.6 is 0 Å². The number of pyridine rings is 2. The van der Waals surface area contributed by atoms with Crippen LogP contribution in [0.15, 0.2) is 53.5 Å². The summed E-state index contributed by atoms with van der Waals surface area (Å²) in [4.78, 5) is 31.0. The number of hydrogen-bond donors (Lipinski definition) is 1. The van der Waals surface area contributed by atoms with Crippen LogP contribution in [0.25, 0.3) is 10.9 Å². The zero-order chi connectivity index (χ0) is 22.2. The van der Waals surface area contributed by atoms with Gasteiger partial charge in [-0.05, 0) is 31.0 Å². The minimum Gasteiger partial charge on any atom is -0.356 e. The molecule has 0 saturated carbocycles. The van der Waals surface area contributed by atoms with Crippen molar-refractivity contribution in [3.05, 3.63) is 70.1 Å². The molecule has 1 N–H and O–H groups in total. The number of carbonyl (C=O) groups excluding carboxylic acids is 1. The number of rotatable bonds is 3. The van der Waals surface area contributed by atoms with E-state index in [4.69, 9.17) is 0 Å². The van der Waals surface area contributed by atoms with Gasteiger partial charge in [-0.3, -0.25) is 9.59 Å². The summed E-state index contributed by atoms with van der Waals surface area (Å²) < 4.78 is 39.6. The van der Waals surface area contributed by atoms with Crippen LogP contribution < -0.4 is 15.8 Å². The third-order valence-electron chi connectivity index (χ3n) is 5.63. The molecule has 4 rings (SSSR count). The van der Waals surface area contributed by atoms with Crippen molar-refractivity contribution in [1.29, 1.82) is 0 Å². The number of nitrogens with one attached hydrogen (secondary N) is 1. The SMILES string of the molecule is Cn1c(=O)cc(C(=O)NC2CCN(c3ccc(C(F)(F)F)cn3)CC2)c2ccccc21. The molecule has 1 aromatic carbocycles. The minimum absolute atomic E-state index is 0.0963. The molecule has 0 unspecified atom stereocenters. The molecule has 1 aliphatic rings. The molecule has 2 aromatic heterocycles. The van der Waals surface area contributed by atoms with Crippen LogP contribution in [-0.2, 0) is 13.2 Å². The van der Waals surface area contributed by atoms with Crippen molar-refractivity contribution in [3.63, 3.8) is 0 Å². The molecule has 3 aromatic rings. The van der Waals surface area contributed by atoms with Crippen molar-refractivity contribution in [2.24, 2.45) is 7.05 Å². The fraction of sp³-hybridized carbons (Fsp3) is 0.318. The molecule has 162 valence electrons. The van der Waals surface area contributed by atoms with Crippen LogP contribution in [0, 0.1) is 0 Å².